The third-order valence-corrected chi connectivity index (χ3v) is 3.38. The highest BCUT2D eigenvalue weighted by Crippen LogP contribution is 2.21. The predicted molar refractivity (Wildman–Crippen MR) is 87.7 cm³/mol. The van der Waals surface area contributed by atoms with Gasteiger partial charge in [-0.25, -0.2) is 4.98 Å². The van der Waals surface area contributed by atoms with E-state index in [0.29, 0.717) is 18.9 Å². The molecule has 0 spiro atoms. The van der Waals surface area contributed by atoms with Gasteiger partial charge in [-0.05, 0) is 31.4 Å². The lowest BCUT2D eigenvalue weighted by Crippen LogP contribution is -2.14. The van der Waals surface area contributed by atoms with Crippen molar-refractivity contribution in [1.29, 1.82) is 0 Å². The maximum absolute atomic E-state index is 9.63. The Kier molecular flexibility index (Phi) is 5.75. The molecular weight excluding hydrogens is 264 g/mol. The Bertz CT molecular complexity index is 573. The van der Waals surface area contributed by atoms with Gasteiger partial charge in [0.1, 0.15) is 5.82 Å². The average molecular weight is 288 g/mol. The molecule has 2 aromatic rings. The van der Waals surface area contributed by atoms with Crippen LogP contribution in [-0.4, -0.2) is 34.3 Å². The van der Waals surface area contributed by atoms with Crippen molar-refractivity contribution in [3.8, 4) is 0 Å². The maximum atomic E-state index is 9.63. The lowest BCUT2D eigenvalue weighted by atomic mass is 10.2. The molecule has 0 saturated heterocycles. The number of aliphatic hydroxyl groups is 1. The zero-order chi connectivity index (χ0) is 15.1. The SMILES string of the molecule is CCCNc1nc(NCCC(O)CC)c2ccccc2n1. The summed E-state index contributed by atoms with van der Waals surface area (Å²) in [5.74, 6) is 1.47. The van der Waals surface area contributed by atoms with E-state index in [1.807, 2.05) is 31.2 Å². The lowest BCUT2D eigenvalue weighted by Gasteiger charge is -2.13. The smallest absolute Gasteiger partial charge is 0.225 e. The molecule has 0 aliphatic carbocycles. The van der Waals surface area contributed by atoms with E-state index >= 15 is 0 Å². The monoisotopic (exact) mass is 288 g/mol. The topological polar surface area (TPSA) is 70.1 Å². The van der Waals surface area contributed by atoms with Crippen molar-refractivity contribution >= 4 is 22.7 Å². The molecule has 2 rings (SSSR count). The zero-order valence-electron chi connectivity index (χ0n) is 12.8. The lowest BCUT2D eigenvalue weighted by molar-refractivity contribution is 0.164. The predicted octanol–water partition coefficient (Wildman–Crippen LogP) is 3.02. The number of hydrogen-bond acceptors (Lipinski definition) is 5. The van der Waals surface area contributed by atoms with Crippen molar-refractivity contribution < 1.29 is 5.11 Å². The van der Waals surface area contributed by atoms with Crippen molar-refractivity contribution in [3.63, 3.8) is 0 Å². The van der Waals surface area contributed by atoms with Crippen LogP contribution >= 0.6 is 0 Å². The van der Waals surface area contributed by atoms with Gasteiger partial charge >= 0.3 is 0 Å². The highest BCUT2D eigenvalue weighted by atomic mass is 16.3. The number of fused-ring (bicyclic) bond motifs is 1. The number of nitrogens with zero attached hydrogens (tertiary/aromatic N) is 2. The Balaban J connectivity index is 2.18. The van der Waals surface area contributed by atoms with Crippen LogP contribution in [0.1, 0.15) is 33.1 Å². The van der Waals surface area contributed by atoms with Gasteiger partial charge < -0.3 is 15.7 Å². The largest absolute Gasteiger partial charge is 0.393 e. The molecule has 0 saturated carbocycles. The quantitative estimate of drug-likeness (QED) is 0.696. The highest BCUT2D eigenvalue weighted by Gasteiger charge is 2.07. The van der Waals surface area contributed by atoms with E-state index in [9.17, 15) is 5.11 Å². The van der Waals surface area contributed by atoms with E-state index in [1.54, 1.807) is 0 Å². The molecule has 3 N–H and O–H groups in total. The molecule has 0 radical (unpaired) electrons. The average Bonchev–Trinajstić information content (AvgIpc) is 2.52. The fourth-order valence-electron chi connectivity index (χ4n) is 2.09. The molecule has 5 heteroatoms. The van der Waals surface area contributed by atoms with Gasteiger partial charge in [0, 0.05) is 18.5 Å². The van der Waals surface area contributed by atoms with Gasteiger partial charge in [0.05, 0.1) is 11.6 Å². The van der Waals surface area contributed by atoms with Crippen LogP contribution in [0, 0.1) is 0 Å². The Morgan fingerprint density at radius 3 is 2.67 bits per heavy atom. The fraction of sp³-hybridized carbons (Fsp3) is 0.500. The van der Waals surface area contributed by atoms with Gasteiger partial charge in [-0.3, -0.25) is 0 Å². The van der Waals surface area contributed by atoms with Crippen molar-refractivity contribution in [2.24, 2.45) is 0 Å². The number of para-hydroxylation sites is 1. The minimum absolute atomic E-state index is 0.261. The number of anilines is 2. The van der Waals surface area contributed by atoms with E-state index < -0.39 is 0 Å². The third kappa shape index (κ3) is 4.29. The number of benzene rings is 1. The van der Waals surface area contributed by atoms with Gasteiger partial charge in [-0.1, -0.05) is 26.0 Å². The van der Waals surface area contributed by atoms with E-state index in [0.717, 1.165) is 36.1 Å². The molecule has 1 atom stereocenters. The first-order chi connectivity index (χ1) is 10.2. The van der Waals surface area contributed by atoms with Gasteiger partial charge in [0.15, 0.2) is 0 Å². The third-order valence-electron chi connectivity index (χ3n) is 3.38. The van der Waals surface area contributed by atoms with E-state index in [2.05, 4.69) is 27.5 Å². The summed E-state index contributed by atoms with van der Waals surface area (Å²) in [5, 5.41) is 17.2. The standard InChI is InChI=1S/C16H24N4O/c1-3-10-18-16-19-14-8-6-5-7-13(14)15(20-16)17-11-9-12(21)4-2/h5-8,12,21H,3-4,9-11H2,1-2H3,(H2,17,18,19,20). The molecule has 0 aliphatic heterocycles. The normalized spacial score (nSPS) is 12.3. The Hall–Kier alpha value is -1.88. The maximum Gasteiger partial charge on any atom is 0.225 e. The van der Waals surface area contributed by atoms with Crippen molar-refractivity contribution in [2.45, 2.75) is 39.2 Å². The number of hydrogen-bond donors (Lipinski definition) is 3. The second-order valence-corrected chi connectivity index (χ2v) is 5.12. The van der Waals surface area contributed by atoms with Crippen LogP contribution in [-0.2, 0) is 0 Å². The van der Waals surface area contributed by atoms with E-state index in [4.69, 9.17) is 0 Å². The molecule has 5 nitrogen and oxygen atoms in total. The minimum Gasteiger partial charge on any atom is -0.393 e. The summed E-state index contributed by atoms with van der Waals surface area (Å²) in [6.45, 7) is 5.65. The minimum atomic E-state index is -0.261. The van der Waals surface area contributed by atoms with Crippen LogP contribution in [0.15, 0.2) is 24.3 Å². The van der Waals surface area contributed by atoms with Crippen molar-refractivity contribution in [3.05, 3.63) is 24.3 Å². The second kappa shape index (κ2) is 7.78. The summed E-state index contributed by atoms with van der Waals surface area (Å²) < 4.78 is 0. The van der Waals surface area contributed by atoms with Crippen LogP contribution in [0.25, 0.3) is 10.9 Å². The number of nitrogens with one attached hydrogen (secondary N) is 2. The summed E-state index contributed by atoms with van der Waals surface area (Å²) in [6, 6.07) is 7.96. The number of rotatable bonds is 8. The van der Waals surface area contributed by atoms with Crippen molar-refractivity contribution in [2.75, 3.05) is 23.7 Å². The van der Waals surface area contributed by atoms with Gasteiger partial charge in [0.2, 0.25) is 5.95 Å². The zero-order valence-corrected chi connectivity index (χ0v) is 12.8. The van der Waals surface area contributed by atoms with Crippen LogP contribution in [0.5, 0.6) is 0 Å². The molecule has 1 heterocycles. The van der Waals surface area contributed by atoms with Gasteiger partial charge in [-0.15, -0.1) is 0 Å². The molecule has 0 bridgehead atoms. The Morgan fingerprint density at radius 1 is 1.10 bits per heavy atom. The molecule has 0 fully saturated rings. The molecule has 1 aromatic carbocycles. The van der Waals surface area contributed by atoms with Gasteiger partial charge in [-0.2, -0.15) is 4.98 Å². The first kappa shape index (κ1) is 15.5. The van der Waals surface area contributed by atoms with Crippen molar-refractivity contribution in [1.82, 2.24) is 9.97 Å². The van der Waals surface area contributed by atoms with E-state index in [1.165, 1.54) is 0 Å². The van der Waals surface area contributed by atoms with E-state index in [-0.39, 0.29) is 6.10 Å². The molecule has 114 valence electrons. The summed E-state index contributed by atoms with van der Waals surface area (Å²) >= 11 is 0. The van der Waals surface area contributed by atoms with Crippen LogP contribution in [0.2, 0.25) is 0 Å². The van der Waals surface area contributed by atoms with Crippen LogP contribution in [0.3, 0.4) is 0 Å². The summed E-state index contributed by atoms with van der Waals surface area (Å²) in [4.78, 5) is 9.07. The molecule has 0 amide bonds. The Morgan fingerprint density at radius 2 is 1.90 bits per heavy atom. The highest BCUT2D eigenvalue weighted by molar-refractivity contribution is 5.89. The number of aromatic nitrogens is 2. The number of aliphatic hydroxyl groups excluding tert-OH is 1. The molecule has 1 unspecified atom stereocenters. The fourth-order valence-corrected chi connectivity index (χ4v) is 2.09. The summed E-state index contributed by atoms with van der Waals surface area (Å²) in [5.41, 5.74) is 0.921. The first-order valence-electron chi connectivity index (χ1n) is 7.67. The summed E-state index contributed by atoms with van der Waals surface area (Å²) in [6.07, 6.45) is 2.26. The van der Waals surface area contributed by atoms with Crippen LogP contribution < -0.4 is 10.6 Å². The molecular formula is C16H24N4O. The molecule has 21 heavy (non-hydrogen) atoms. The van der Waals surface area contributed by atoms with Gasteiger partial charge in [0.25, 0.3) is 0 Å². The first-order valence-corrected chi connectivity index (χ1v) is 7.67. The summed E-state index contributed by atoms with van der Waals surface area (Å²) in [7, 11) is 0. The molecule has 1 aromatic heterocycles. The second-order valence-electron chi connectivity index (χ2n) is 5.12. The molecule has 0 aliphatic rings. The Labute approximate surface area is 125 Å². The van der Waals surface area contributed by atoms with Crippen LogP contribution in [0.4, 0.5) is 11.8 Å².